The molecule has 0 amide bonds. The first-order valence-electron chi connectivity index (χ1n) is 5.65. The van der Waals surface area contributed by atoms with E-state index in [4.69, 9.17) is 4.74 Å². The highest BCUT2D eigenvalue weighted by Gasteiger charge is 2.40. The van der Waals surface area contributed by atoms with Crippen molar-refractivity contribution in [1.82, 2.24) is 10.2 Å². The zero-order valence-electron chi connectivity index (χ0n) is 9.55. The first-order valence-corrected chi connectivity index (χ1v) is 5.65. The molecule has 0 aromatic heterocycles. The average Bonchev–Trinajstić information content (AvgIpc) is 2.45. The molecule has 0 aromatic rings. The molecule has 0 bridgehead atoms. The molecule has 2 heterocycles. The number of nitrogens with one attached hydrogen (secondary N) is 1. The lowest BCUT2D eigenvalue weighted by molar-refractivity contribution is 0.0940. The summed E-state index contributed by atoms with van der Waals surface area (Å²) in [6, 6.07) is 1.24. The Labute approximate surface area is 86.8 Å². The first kappa shape index (κ1) is 10.4. The normalized spacial score (nSPS) is 38.8. The second-order valence-electron chi connectivity index (χ2n) is 5.37. The summed E-state index contributed by atoms with van der Waals surface area (Å²) in [5, 5.41) is 3.48. The lowest BCUT2D eigenvalue weighted by Crippen LogP contribution is -2.56. The highest BCUT2D eigenvalue weighted by Crippen LogP contribution is 2.31. The molecule has 3 heteroatoms. The third-order valence-electron chi connectivity index (χ3n) is 3.49. The Morgan fingerprint density at radius 2 is 2.21 bits per heavy atom. The van der Waals surface area contributed by atoms with Crippen LogP contribution in [0.15, 0.2) is 0 Å². The maximum absolute atomic E-state index is 5.60. The van der Waals surface area contributed by atoms with Crippen molar-refractivity contribution in [1.29, 1.82) is 0 Å². The van der Waals surface area contributed by atoms with Crippen LogP contribution in [-0.4, -0.2) is 49.8 Å². The summed E-state index contributed by atoms with van der Waals surface area (Å²) in [5.41, 5.74) is 0.330. The van der Waals surface area contributed by atoms with Crippen molar-refractivity contribution in [2.24, 2.45) is 5.41 Å². The van der Waals surface area contributed by atoms with Gasteiger partial charge in [-0.05, 0) is 6.92 Å². The van der Waals surface area contributed by atoms with Gasteiger partial charge in [-0.2, -0.15) is 0 Å². The van der Waals surface area contributed by atoms with Crippen LogP contribution in [0.1, 0.15) is 20.8 Å². The van der Waals surface area contributed by atoms with Crippen molar-refractivity contribution in [2.45, 2.75) is 32.9 Å². The van der Waals surface area contributed by atoms with Gasteiger partial charge < -0.3 is 10.1 Å². The number of piperazine rings is 1. The van der Waals surface area contributed by atoms with E-state index in [1.165, 1.54) is 6.54 Å². The van der Waals surface area contributed by atoms with E-state index in [2.05, 4.69) is 31.0 Å². The van der Waals surface area contributed by atoms with Gasteiger partial charge in [0.2, 0.25) is 0 Å². The third-order valence-corrected chi connectivity index (χ3v) is 3.49. The van der Waals surface area contributed by atoms with Gasteiger partial charge in [0, 0.05) is 37.1 Å². The monoisotopic (exact) mass is 198 g/mol. The van der Waals surface area contributed by atoms with E-state index in [-0.39, 0.29) is 0 Å². The van der Waals surface area contributed by atoms with Crippen molar-refractivity contribution < 1.29 is 4.74 Å². The molecule has 14 heavy (non-hydrogen) atoms. The Kier molecular flexibility index (Phi) is 2.82. The van der Waals surface area contributed by atoms with Gasteiger partial charge in [-0.3, -0.25) is 4.90 Å². The fourth-order valence-corrected chi connectivity index (χ4v) is 2.60. The summed E-state index contributed by atoms with van der Waals surface area (Å²) >= 11 is 0. The molecule has 0 aromatic carbocycles. The maximum atomic E-state index is 5.60. The van der Waals surface area contributed by atoms with Gasteiger partial charge >= 0.3 is 0 Å². The van der Waals surface area contributed by atoms with E-state index in [1.807, 2.05) is 0 Å². The summed E-state index contributed by atoms with van der Waals surface area (Å²) in [6.07, 6.45) is 0. The van der Waals surface area contributed by atoms with E-state index in [1.54, 1.807) is 0 Å². The SMILES string of the molecule is CC1CN(C2COCC2(C)C)CCN1. The molecule has 2 unspecified atom stereocenters. The smallest absolute Gasteiger partial charge is 0.0628 e. The van der Waals surface area contributed by atoms with Crippen LogP contribution in [0.3, 0.4) is 0 Å². The minimum absolute atomic E-state index is 0.330. The molecule has 2 aliphatic heterocycles. The zero-order valence-corrected chi connectivity index (χ0v) is 9.55. The molecule has 0 aliphatic carbocycles. The van der Waals surface area contributed by atoms with Crippen molar-refractivity contribution in [3.63, 3.8) is 0 Å². The van der Waals surface area contributed by atoms with E-state index >= 15 is 0 Å². The Hall–Kier alpha value is -0.120. The fourth-order valence-electron chi connectivity index (χ4n) is 2.60. The van der Waals surface area contributed by atoms with Crippen LogP contribution >= 0.6 is 0 Å². The largest absolute Gasteiger partial charge is 0.379 e. The average molecular weight is 198 g/mol. The summed E-state index contributed by atoms with van der Waals surface area (Å²) in [5.74, 6) is 0. The highest BCUT2D eigenvalue weighted by molar-refractivity contribution is 4.93. The first-order chi connectivity index (χ1) is 6.59. The topological polar surface area (TPSA) is 24.5 Å². The van der Waals surface area contributed by atoms with Gasteiger partial charge in [-0.15, -0.1) is 0 Å². The molecule has 3 nitrogen and oxygen atoms in total. The van der Waals surface area contributed by atoms with Gasteiger partial charge in [-0.25, -0.2) is 0 Å². The minimum atomic E-state index is 0.330. The summed E-state index contributed by atoms with van der Waals surface area (Å²) in [6.45, 7) is 12.2. The number of hydrogen-bond acceptors (Lipinski definition) is 3. The van der Waals surface area contributed by atoms with Crippen LogP contribution in [0.25, 0.3) is 0 Å². The van der Waals surface area contributed by atoms with Gasteiger partial charge in [-0.1, -0.05) is 13.8 Å². The van der Waals surface area contributed by atoms with Crippen LogP contribution in [0.4, 0.5) is 0 Å². The summed E-state index contributed by atoms with van der Waals surface area (Å²) in [7, 11) is 0. The molecule has 2 rings (SSSR count). The Morgan fingerprint density at radius 1 is 1.43 bits per heavy atom. The molecular weight excluding hydrogens is 176 g/mol. The minimum Gasteiger partial charge on any atom is -0.379 e. The molecule has 2 fully saturated rings. The third kappa shape index (κ3) is 1.95. The predicted octanol–water partition coefficient (Wildman–Crippen LogP) is 0.705. The van der Waals surface area contributed by atoms with E-state index in [0.717, 1.165) is 26.3 Å². The van der Waals surface area contributed by atoms with Crippen LogP contribution < -0.4 is 5.32 Å². The summed E-state index contributed by atoms with van der Waals surface area (Å²) in [4.78, 5) is 2.59. The lowest BCUT2D eigenvalue weighted by atomic mass is 9.86. The Balaban J connectivity index is 2.00. The molecule has 0 saturated carbocycles. The molecule has 82 valence electrons. The fraction of sp³-hybridized carbons (Fsp3) is 1.00. The second-order valence-corrected chi connectivity index (χ2v) is 5.37. The van der Waals surface area contributed by atoms with E-state index in [0.29, 0.717) is 17.5 Å². The molecule has 2 saturated heterocycles. The molecule has 2 aliphatic rings. The van der Waals surface area contributed by atoms with Gasteiger partial charge in [0.25, 0.3) is 0 Å². The van der Waals surface area contributed by atoms with Crippen LogP contribution in [0, 0.1) is 5.41 Å². The highest BCUT2D eigenvalue weighted by atomic mass is 16.5. The van der Waals surface area contributed by atoms with Gasteiger partial charge in [0.1, 0.15) is 0 Å². The van der Waals surface area contributed by atoms with Gasteiger partial charge in [0.15, 0.2) is 0 Å². The Morgan fingerprint density at radius 3 is 2.79 bits per heavy atom. The van der Waals surface area contributed by atoms with E-state index in [9.17, 15) is 0 Å². The quantitative estimate of drug-likeness (QED) is 0.671. The standard InChI is InChI=1S/C11H22N2O/c1-9-6-13(5-4-12-9)10-7-14-8-11(10,2)3/h9-10,12H,4-8H2,1-3H3. The van der Waals surface area contributed by atoms with Crippen molar-refractivity contribution in [3.8, 4) is 0 Å². The Bertz CT molecular complexity index is 205. The number of hydrogen-bond donors (Lipinski definition) is 1. The molecule has 0 radical (unpaired) electrons. The van der Waals surface area contributed by atoms with Crippen molar-refractivity contribution in [3.05, 3.63) is 0 Å². The van der Waals surface area contributed by atoms with Crippen LogP contribution in [-0.2, 0) is 4.74 Å². The predicted molar refractivity (Wildman–Crippen MR) is 57.4 cm³/mol. The van der Waals surface area contributed by atoms with Gasteiger partial charge in [0.05, 0.1) is 13.2 Å². The second kappa shape index (κ2) is 3.80. The zero-order chi connectivity index (χ0) is 10.2. The van der Waals surface area contributed by atoms with E-state index < -0.39 is 0 Å². The number of nitrogens with zero attached hydrogens (tertiary/aromatic N) is 1. The maximum Gasteiger partial charge on any atom is 0.0628 e. The van der Waals surface area contributed by atoms with Crippen molar-refractivity contribution in [2.75, 3.05) is 32.8 Å². The van der Waals surface area contributed by atoms with Crippen LogP contribution in [0.5, 0.6) is 0 Å². The number of rotatable bonds is 1. The van der Waals surface area contributed by atoms with Crippen molar-refractivity contribution >= 4 is 0 Å². The molecular formula is C11H22N2O. The molecule has 2 atom stereocenters. The van der Waals surface area contributed by atoms with Crippen LogP contribution in [0.2, 0.25) is 0 Å². The molecule has 1 N–H and O–H groups in total. The summed E-state index contributed by atoms with van der Waals surface area (Å²) < 4.78 is 5.60. The molecule has 0 spiro atoms. The number of ether oxygens (including phenoxy) is 1. The lowest BCUT2D eigenvalue weighted by Gasteiger charge is -2.40.